The lowest BCUT2D eigenvalue weighted by atomic mass is 9.91. The number of nitrogens with two attached hydrogens (primary N) is 1. The maximum atomic E-state index is 11.2. The minimum atomic E-state index is 0.0392. The molecular formula is C10H18N2O. The van der Waals surface area contributed by atoms with Crippen LogP contribution in [0.25, 0.3) is 0 Å². The molecule has 0 bridgehead atoms. The van der Waals surface area contributed by atoms with Gasteiger partial charge in [0.2, 0.25) is 5.91 Å². The van der Waals surface area contributed by atoms with E-state index in [1.54, 1.807) is 6.08 Å². The van der Waals surface area contributed by atoms with Crippen LogP contribution in [-0.2, 0) is 4.79 Å². The van der Waals surface area contributed by atoms with E-state index in [0.29, 0.717) is 6.42 Å². The van der Waals surface area contributed by atoms with E-state index in [9.17, 15) is 4.79 Å². The predicted octanol–water partition coefficient (Wildman–Crippen LogP) is 0.949. The van der Waals surface area contributed by atoms with E-state index < -0.39 is 0 Å². The molecule has 1 aliphatic carbocycles. The van der Waals surface area contributed by atoms with Crippen LogP contribution >= 0.6 is 0 Å². The molecule has 2 atom stereocenters. The van der Waals surface area contributed by atoms with E-state index >= 15 is 0 Å². The average molecular weight is 182 g/mol. The molecule has 13 heavy (non-hydrogen) atoms. The second kappa shape index (κ2) is 5.02. The van der Waals surface area contributed by atoms with E-state index in [1.165, 1.54) is 12.8 Å². The second-order valence-corrected chi connectivity index (χ2v) is 3.62. The number of carbonyl (C=O) groups excluding carboxylic acids is 1. The van der Waals surface area contributed by atoms with Gasteiger partial charge in [-0.15, -0.1) is 6.58 Å². The van der Waals surface area contributed by atoms with Crippen molar-refractivity contribution in [3.8, 4) is 0 Å². The summed E-state index contributed by atoms with van der Waals surface area (Å²) in [5.41, 5.74) is 5.88. The molecule has 1 fully saturated rings. The first kappa shape index (κ1) is 10.3. The maximum Gasteiger partial charge on any atom is 0.224 e. The highest BCUT2D eigenvalue weighted by molar-refractivity contribution is 5.77. The zero-order chi connectivity index (χ0) is 9.68. The maximum absolute atomic E-state index is 11.2. The van der Waals surface area contributed by atoms with Crippen molar-refractivity contribution in [3.63, 3.8) is 0 Å². The molecule has 3 heteroatoms. The van der Waals surface area contributed by atoms with Gasteiger partial charge in [0.25, 0.3) is 0 Å². The van der Waals surface area contributed by atoms with Crippen molar-refractivity contribution < 1.29 is 4.79 Å². The van der Waals surface area contributed by atoms with Crippen LogP contribution in [0.4, 0.5) is 0 Å². The summed E-state index contributed by atoms with van der Waals surface area (Å²) in [6.45, 7) is 3.52. The fraction of sp³-hybridized carbons (Fsp3) is 0.700. The highest BCUT2D eigenvalue weighted by atomic mass is 16.1. The molecule has 0 spiro atoms. The van der Waals surface area contributed by atoms with E-state index in [0.717, 1.165) is 12.8 Å². The lowest BCUT2D eigenvalue weighted by Gasteiger charge is -2.29. The van der Waals surface area contributed by atoms with Crippen molar-refractivity contribution in [2.45, 2.75) is 44.2 Å². The molecule has 1 amide bonds. The molecule has 3 nitrogen and oxygen atoms in total. The summed E-state index contributed by atoms with van der Waals surface area (Å²) >= 11 is 0. The highest BCUT2D eigenvalue weighted by Gasteiger charge is 2.22. The highest BCUT2D eigenvalue weighted by Crippen LogP contribution is 2.16. The van der Waals surface area contributed by atoms with Gasteiger partial charge in [-0.1, -0.05) is 18.9 Å². The fourth-order valence-electron chi connectivity index (χ4n) is 1.74. The fourth-order valence-corrected chi connectivity index (χ4v) is 1.74. The average Bonchev–Trinajstić information content (AvgIpc) is 2.09. The van der Waals surface area contributed by atoms with Gasteiger partial charge >= 0.3 is 0 Å². The standard InChI is InChI=1S/C10H18N2O/c1-2-5-10(13)12-9-7-4-3-6-8(9)11/h2,8-9H,1,3-7,11H2,(H,12,13)/t8-,9-/m1/s1. The monoisotopic (exact) mass is 182 g/mol. The molecule has 0 aliphatic heterocycles. The molecule has 0 saturated heterocycles. The molecule has 1 aliphatic rings. The summed E-state index contributed by atoms with van der Waals surface area (Å²) in [5, 5.41) is 2.93. The van der Waals surface area contributed by atoms with Crippen LogP contribution in [0.15, 0.2) is 12.7 Å². The smallest absolute Gasteiger partial charge is 0.224 e. The Morgan fingerprint density at radius 1 is 1.54 bits per heavy atom. The Bertz CT molecular complexity index is 191. The number of rotatable bonds is 3. The molecule has 1 saturated carbocycles. The van der Waals surface area contributed by atoms with Crippen molar-refractivity contribution in [3.05, 3.63) is 12.7 Å². The van der Waals surface area contributed by atoms with Gasteiger partial charge in [0.15, 0.2) is 0 Å². The summed E-state index contributed by atoms with van der Waals surface area (Å²) in [6.07, 6.45) is 6.41. The predicted molar refractivity (Wildman–Crippen MR) is 53.2 cm³/mol. The molecule has 0 aromatic heterocycles. The van der Waals surface area contributed by atoms with E-state index in [1.807, 2.05) is 0 Å². The number of carbonyl (C=O) groups is 1. The molecule has 0 aromatic carbocycles. The van der Waals surface area contributed by atoms with Gasteiger partial charge in [-0.05, 0) is 12.8 Å². The zero-order valence-corrected chi connectivity index (χ0v) is 7.96. The van der Waals surface area contributed by atoms with Crippen molar-refractivity contribution in [2.75, 3.05) is 0 Å². The normalized spacial score (nSPS) is 28.1. The summed E-state index contributed by atoms with van der Waals surface area (Å²) in [7, 11) is 0. The van der Waals surface area contributed by atoms with Crippen LogP contribution in [0.1, 0.15) is 32.1 Å². The SMILES string of the molecule is C=CCC(=O)N[C@@H]1CCCC[C@H]1N. The van der Waals surface area contributed by atoms with Crippen molar-refractivity contribution >= 4 is 5.91 Å². The Morgan fingerprint density at radius 2 is 2.23 bits per heavy atom. The topological polar surface area (TPSA) is 55.1 Å². The van der Waals surface area contributed by atoms with Gasteiger partial charge in [0.1, 0.15) is 0 Å². The van der Waals surface area contributed by atoms with Gasteiger partial charge in [-0.25, -0.2) is 0 Å². The molecule has 0 heterocycles. The molecule has 3 N–H and O–H groups in total. The summed E-state index contributed by atoms with van der Waals surface area (Å²) in [4.78, 5) is 11.2. The lowest BCUT2D eigenvalue weighted by molar-refractivity contribution is -0.121. The Morgan fingerprint density at radius 3 is 2.85 bits per heavy atom. The third-order valence-electron chi connectivity index (χ3n) is 2.50. The van der Waals surface area contributed by atoms with Gasteiger partial charge in [-0.3, -0.25) is 4.79 Å². The Kier molecular flexibility index (Phi) is 3.96. The molecule has 74 valence electrons. The van der Waals surface area contributed by atoms with Gasteiger partial charge in [-0.2, -0.15) is 0 Å². The summed E-state index contributed by atoms with van der Waals surface area (Å²) in [5.74, 6) is 0.0392. The first-order valence-electron chi connectivity index (χ1n) is 4.90. The first-order valence-corrected chi connectivity index (χ1v) is 4.90. The van der Waals surface area contributed by atoms with Crippen molar-refractivity contribution in [2.24, 2.45) is 5.73 Å². The Balaban J connectivity index is 2.33. The van der Waals surface area contributed by atoms with E-state index in [2.05, 4.69) is 11.9 Å². The number of hydrogen-bond acceptors (Lipinski definition) is 2. The van der Waals surface area contributed by atoms with E-state index in [4.69, 9.17) is 5.73 Å². The minimum absolute atomic E-state index is 0.0392. The summed E-state index contributed by atoms with van der Waals surface area (Å²) in [6, 6.07) is 0.323. The quantitative estimate of drug-likeness (QED) is 0.638. The van der Waals surface area contributed by atoms with Crippen molar-refractivity contribution in [1.29, 1.82) is 0 Å². The molecule has 0 unspecified atom stereocenters. The van der Waals surface area contributed by atoms with Gasteiger partial charge in [0, 0.05) is 18.5 Å². The molecular weight excluding hydrogens is 164 g/mol. The number of amides is 1. The largest absolute Gasteiger partial charge is 0.352 e. The zero-order valence-electron chi connectivity index (χ0n) is 7.96. The van der Waals surface area contributed by atoms with Crippen LogP contribution in [0.2, 0.25) is 0 Å². The lowest BCUT2D eigenvalue weighted by Crippen LogP contribution is -2.49. The van der Waals surface area contributed by atoms with Gasteiger partial charge in [0.05, 0.1) is 0 Å². The van der Waals surface area contributed by atoms with Crippen LogP contribution < -0.4 is 11.1 Å². The van der Waals surface area contributed by atoms with Crippen molar-refractivity contribution in [1.82, 2.24) is 5.32 Å². The number of nitrogens with one attached hydrogen (secondary N) is 1. The Labute approximate surface area is 79.4 Å². The molecule has 1 rings (SSSR count). The van der Waals surface area contributed by atoms with Crippen LogP contribution in [0.3, 0.4) is 0 Å². The second-order valence-electron chi connectivity index (χ2n) is 3.62. The molecule has 0 radical (unpaired) electrons. The third-order valence-corrected chi connectivity index (χ3v) is 2.50. The molecule has 0 aromatic rings. The van der Waals surface area contributed by atoms with Crippen LogP contribution in [0.5, 0.6) is 0 Å². The summed E-state index contributed by atoms with van der Waals surface area (Å²) < 4.78 is 0. The van der Waals surface area contributed by atoms with E-state index in [-0.39, 0.29) is 18.0 Å². The first-order chi connectivity index (χ1) is 6.24. The van der Waals surface area contributed by atoms with Gasteiger partial charge < -0.3 is 11.1 Å². The number of hydrogen-bond donors (Lipinski definition) is 2. The minimum Gasteiger partial charge on any atom is -0.352 e. The van der Waals surface area contributed by atoms with Crippen LogP contribution in [-0.4, -0.2) is 18.0 Å². The Hall–Kier alpha value is -0.830. The third kappa shape index (κ3) is 3.19. The van der Waals surface area contributed by atoms with Crippen LogP contribution in [0, 0.1) is 0 Å².